The molecule has 1 aromatic carbocycles. The summed E-state index contributed by atoms with van der Waals surface area (Å²) in [6.45, 7) is 0. The van der Waals surface area contributed by atoms with Crippen molar-refractivity contribution in [1.82, 2.24) is 5.32 Å². The van der Waals surface area contributed by atoms with Gasteiger partial charge in [-0.3, -0.25) is 9.59 Å². The molecule has 0 bridgehead atoms. The molecule has 0 radical (unpaired) electrons. The highest BCUT2D eigenvalue weighted by Gasteiger charge is 2.26. The predicted octanol–water partition coefficient (Wildman–Crippen LogP) is 1.88. The minimum atomic E-state index is -1.60. The van der Waals surface area contributed by atoms with Gasteiger partial charge in [0.1, 0.15) is 0 Å². The second-order valence-electron chi connectivity index (χ2n) is 5.18. The van der Waals surface area contributed by atoms with Gasteiger partial charge in [-0.05, 0) is 37.8 Å². The van der Waals surface area contributed by atoms with Crippen LogP contribution in [0.3, 0.4) is 0 Å². The highest BCUT2D eigenvalue weighted by molar-refractivity contribution is 5.94. The van der Waals surface area contributed by atoms with Crippen LogP contribution in [0.1, 0.15) is 36.0 Å². The molecule has 1 aliphatic carbocycles. The molecule has 114 valence electrons. The van der Waals surface area contributed by atoms with E-state index in [-0.39, 0.29) is 23.4 Å². The van der Waals surface area contributed by atoms with Crippen LogP contribution >= 0.6 is 0 Å². The third-order valence-corrected chi connectivity index (χ3v) is 3.71. The van der Waals surface area contributed by atoms with Gasteiger partial charge in [0, 0.05) is 17.5 Å². The number of benzene rings is 1. The molecule has 0 unspecified atom stereocenters. The van der Waals surface area contributed by atoms with Gasteiger partial charge >= 0.3 is 0 Å². The number of nitrogens with one attached hydrogen (secondary N) is 1. The fourth-order valence-electron chi connectivity index (χ4n) is 2.48. The molecule has 0 saturated heterocycles. The van der Waals surface area contributed by atoms with E-state index in [1.807, 2.05) is 0 Å². The number of halogens is 3. The van der Waals surface area contributed by atoms with Gasteiger partial charge in [0.05, 0.1) is 0 Å². The van der Waals surface area contributed by atoms with Gasteiger partial charge in [-0.25, -0.2) is 13.2 Å². The molecule has 0 spiro atoms. The van der Waals surface area contributed by atoms with Gasteiger partial charge in [-0.1, -0.05) is 0 Å². The van der Waals surface area contributed by atoms with E-state index < -0.39 is 23.4 Å². The summed E-state index contributed by atoms with van der Waals surface area (Å²) in [4.78, 5) is 22.9. The third-order valence-electron chi connectivity index (χ3n) is 3.71. The van der Waals surface area contributed by atoms with Crippen LogP contribution in [-0.2, 0) is 4.79 Å². The zero-order chi connectivity index (χ0) is 15.6. The molecule has 1 aliphatic rings. The Morgan fingerprint density at radius 3 is 2.05 bits per heavy atom. The molecule has 1 saturated carbocycles. The summed E-state index contributed by atoms with van der Waals surface area (Å²) in [7, 11) is 0. The first kappa shape index (κ1) is 15.3. The predicted molar refractivity (Wildman–Crippen MR) is 68.7 cm³/mol. The monoisotopic (exact) mass is 300 g/mol. The van der Waals surface area contributed by atoms with Crippen LogP contribution in [0.4, 0.5) is 13.2 Å². The van der Waals surface area contributed by atoms with Crippen molar-refractivity contribution >= 4 is 11.8 Å². The first-order valence-corrected chi connectivity index (χ1v) is 6.63. The highest BCUT2D eigenvalue weighted by Crippen LogP contribution is 2.24. The molecule has 0 aliphatic heterocycles. The number of carbonyl (C=O) groups is 2. The van der Waals surface area contributed by atoms with Crippen molar-refractivity contribution in [1.29, 1.82) is 0 Å². The SMILES string of the molecule is NC(=O)C1CCC(NC(=O)c2cc(F)c(F)c(F)c2)CC1. The van der Waals surface area contributed by atoms with Crippen molar-refractivity contribution in [3.63, 3.8) is 0 Å². The average molecular weight is 300 g/mol. The Bertz CT molecular complexity index is 546. The highest BCUT2D eigenvalue weighted by atomic mass is 19.2. The summed E-state index contributed by atoms with van der Waals surface area (Å²) in [5.41, 5.74) is 4.93. The minimum absolute atomic E-state index is 0.190. The summed E-state index contributed by atoms with van der Waals surface area (Å²) in [5.74, 6) is -5.64. The maximum absolute atomic E-state index is 13.1. The van der Waals surface area contributed by atoms with Crippen LogP contribution in [0, 0.1) is 23.4 Å². The van der Waals surface area contributed by atoms with Crippen LogP contribution in [-0.4, -0.2) is 17.9 Å². The first-order chi connectivity index (χ1) is 9.88. The number of primary amides is 1. The number of carbonyl (C=O) groups excluding carboxylic acids is 2. The van der Waals surface area contributed by atoms with Crippen molar-refractivity contribution in [2.75, 3.05) is 0 Å². The maximum Gasteiger partial charge on any atom is 0.251 e. The third kappa shape index (κ3) is 3.53. The molecular weight excluding hydrogens is 285 g/mol. The lowest BCUT2D eigenvalue weighted by Crippen LogP contribution is -2.39. The lowest BCUT2D eigenvalue weighted by Gasteiger charge is -2.27. The Morgan fingerprint density at radius 2 is 1.57 bits per heavy atom. The topological polar surface area (TPSA) is 72.2 Å². The van der Waals surface area contributed by atoms with Crippen LogP contribution in [0.2, 0.25) is 0 Å². The lowest BCUT2D eigenvalue weighted by molar-refractivity contribution is -0.122. The Labute approximate surface area is 119 Å². The molecule has 2 rings (SSSR count). The molecule has 2 amide bonds. The van der Waals surface area contributed by atoms with Crippen molar-refractivity contribution in [3.8, 4) is 0 Å². The second kappa shape index (κ2) is 6.15. The zero-order valence-electron chi connectivity index (χ0n) is 11.2. The quantitative estimate of drug-likeness (QED) is 0.837. The smallest absolute Gasteiger partial charge is 0.251 e. The van der Waals surface area contributed by atoms with E-state index in [2.05, 4.69) is 5.32 Å². The van der Waals surface area contributed by atoms with E-state index in [0.717, 1.165) is 0 Å². The molecule has 0 heterocycles. The van der Waals surface area contributed by atoms with Crippen molar-refractivity contribution < 1.29 is 22.8 Å². The maximum atomic E-state index is 13.1. The molecule has 3 N–H and O–H groups in total. The van der Waals surface area contributed by atoms with Crippen molar-refractivity contribution in [3.05, 3.63) is 35.1 Å². The largest absolute Gasteiger partial charge is 0.369 e. The van der Waals surface area contributed by atoms with Gasteiger partial charge in [-0.15, -0.1) is 0 Å². The van der Waals surface area contributed by atoms with Gasteiger partial charge in [0.2, 0.25) is 5.91 Å². The molecule has 4 nitrogen and oxygen atoms in total. The van der Waals surface area contributed by atoms with Gasteiger partial charge in [0.25, 0.3) is 5.91 Å². The molecule has 0 aromatic heterocycles. The zero-order valence-corrected chi connectivity index (χ0v) is 11.2. The molecule has 1 fully saturated rings. The van der Waals surface area contributed by atoms with Crippen LogP contribution in [0.15, 0.2) is 12.1 Å². The number of nitrogens with two attached hydrogens (primary N) is 1. The number of hydrogen-bond donors (Lipinski definition) is 2. The molecule has 7 heteroatoms. The Morgan fingerprint density at radius 1 is 1.05 bits per heavy atom. The Hall–Kier alpha value is -2.05. The van der Waals surface area contributed by atoms with E-state index >= 15 is 0 Å². The van der Waals surface area contributed by atoms with Crippen molar-refractivity contribution in [2.24, 2.45) is 11.7 Å². The summed E-state index contributed by atoms with van der Waals surface area (Å²) in [6, 6.07) is 1.12. The number of rotatable bonds is 3. The number of amides is 2. The molecule has 21 heavy (non-hydrogen) atoms. The Kier molecular flexibility index (Phi) is 4.50. The minimum Gasteiger partial charge on any atom is -0.369 e. The molecule has 0 atom stereocenters. The summed E-state index contributed by atoms with van der Waals surface area (Å²) in [6.07, 6.45) is 2.25. The van der Waals surface area contributed by atoms with E-state index in [4.69, 9.17) is 5.73 Å². The van der Waals surface area contributed by atoms with E-state index in [9.17, 15) is 22.8 Å². The van der Waals surface area contributed by atoms with Crippen LogP contribution < -0.4 is 11.1 Å². The Balaban J connectivity index is 1.98. The summed E-state index contributed by atoms with van der Waals surface area (Å²) >= 11 is 0. The fraction of sp³-hybridized carbons (Fsp3) is 0.429. The molecular formula is C14H15F3N2O2. The van der Waals surface area contributed by atoms with Crippen LogP contribution in [0.5, 0.6) is 0 Å². The lowest BCUT2D eigenvalue weighted by atomic mass is 9.85. The molecule has 1 aromatic rings. The standard InChI is InChI=1S/C14H15F3N2O2/c15-10-5-8(6-11(16)12(10)17)14(21)19-9-3-1-7(2-4-9)13(18)20/h5-7,9H,1-4H2,(H2,18,20)(H,19,21). The second-order valence-corrected chi connectivity index (χ2v) is 5.18. The average Bonchev–Trinajstić information content (AvgIpc) is 2.44. The van der Waals surface area contributed by atoms with Gasteiger partial charge < -0.3 is 11.1 Å². The number of hydrogen-bond acceptors (Lipinski definition) is 2. The van der Waals surface area contributed by atoms with E-state index in [1.165, 1.54) is 0 Å². The van der Waals surface area contributed by atoms with E-state index in [0.29, 0.717) is 37.8 Å². The summed E-state index contributed by atoms with van der Waals surface area (Å²) < 4.78 is 39.0. The van der Waals surface area contributed by atoms with E-state index in [1.54, 1.807) is 0 Å². The van der Waals surface area contributed by atoms with Gasteiger partial charge in [0.15, 0.2) is 17.5 Å². The van der Waals surface area contributed by atoms with Crippen LogP contribution in [0.25, 0.3) is 0 Å². The summed E-state index contributed by atoms with van der Waals surface area (Å²) in [5, 5.41) is 2.62. The normalized spacial score (nSPS) is 21.9. The first-order valence-electron chi connectivity index (χ1n) is 6.63. The van der Waals surface area contributed by atoms with Gasteiger partial charge in [-0.2, -0.15) is 0 Å². The fourth-order valence-corrected chi connectivity index (χ4v) is 2.48. The van der Waals surface area contributed by atoms with Crippen molar-refractivity contribution in [2.45, 2.75) is 31.7 Å².